The van der Waals surface area contributed by atoms with E-state index in [1.807, 2.05) is 13.1 Å². The van der Waals surface area contributed by atoms with Gasteiger partial charge in [-0.1, -0.05) is 6.07 Å². The Bertz CT molecular complexity index is 1000. The number of hydrogen-bond acceptors (Lipinski definition) is 5. The Balaban J connectivity index is 1.48. The summed E-state index contributed by atoms with van der Waals surface area (Å²) in [5.41, 5.74) is 6.85. The number of aryl methyl sites for hydroxylation is 1. The molecule has 1 aliphatic rings. The third kappa shape index (κ3) is 3.49. The fraction of sp³-hybridized carbons (Fsp3) is 0.368. The molecule has 1 saturated heterocycles. The fourth-order valence-corrected chi connectivity index (χ4v) is 3.52. The molecule has 1 aromatic carbocycles. The number of alkyl halides is 3. The Morgan fingerprint density at radius 1 is 1.32 bits per heavy atom. The summed E-state index contributed by atoms with van der Waals surface area (Å²) in [6, 6.07) is 4.84. The first-order chi connectivity index (χ1) is 13.3. The molecule has 1 aliphatic heterocycles. The molecular weight excluding hydrogens is 371 g/mol. The van der Waals surface area contributed by atoms with Crippen molar-refractivity contribution in [1.82, 2.24) is 15.0 Å². The minimum Gasteiger partial charge on any atom is -0.492 e. The van der Waals surface area contributed by atoms with E-state index in [2.05, 4.69) is 19.9 Å². The molecule has 1 atom stereocenters. The molecule has 3 heterocycles. The largest absolute Gasteiger partial charge is 0.492 e. The second kappa shape index (κ2) is 6.66. The average molecular weight is 391 g/mol. The number of nitrogens with one attached hydrogen (secondary N) is 1. The summed E-state index contributed by atoms with van der Waals surface area (Å²) in [6.07, 6.45) is -0.383. The zero-order valence-electron chi connectivity index (χ0n) is 15.3. The van der Waals surface area contributed by atoms with Crippen molar-refractivity contribution in [1.29, 1.82) is 0 Å². The van der Waals surface area contributed by atoms with Crippen molar-refractivity contribution in [3.8, 4) is 5.75 Å². The highest BCUT2D eigenvalue weighted by Gasteiger charge is 2.37. The van der Waals surface area contributed by atoms with Crippen LogP contribution in [0.3, 0.4) is 0 Å². The van der Waals surface area contributed by atoms with Gasteiger partial charge in [-0.05, 0) is 37.1 Å². The quantitative estimate of drug-likeness (QED) is 0.714. The Labute approximate surface area is 159 Å². The molecule has 4 rings (SSSR count). The number of anilines is 1. The first-order valence-electron chi connectivity index (χ1n) is 8.88. The van der Waals surface area contributed by atoms with Crippen LogP contribution >= 0.6 is 0 Å². The lowest BCUT2D eigenvalue weighted by atomic mass is 10.0. The lowest BCUT2D eigenvalue weighted by Crippen LogP contribution is -2.48. The smallest absolute Gasteiger partial charge is 0.416 e. The van der Waals surface area contributed by atoms with Crippen molar-refractivity contribution >= 4 is 16.9 Å². The maximum Gasteiger partial charge on any atom is 0.416 e. The molecule has 6 nitrogen and oxygen atoms in total. The van der Waals surface area contributed by atoms with Crippen molar-refractivity contribution in [3.63, 3.8) is 0 Å². The van der Waals surface area contributed by atoms with Gasteiger partial charge in [0.1, 0.15) is 30.1 Å². The molecule has 0 bridgehead atoms. The number of fused-ring (bicyclic) bond motifs is 1. The van der Waals surface area contributed by atoms with Crippen LogP contribution in [0.4, 0.5) is 19.0 Å². The van der Waals surface area contributed by atoms with Gasteiger partial charge in [0.25, 0.3) is 0 Å². The number of nitrogens with two attached hydrogens (primary N) is 1. The molecule has 2 aromatic heterocycles. The van der Waals surface area contributed by atoms with Crippen LogP contribution in [0.1, 0.15) is 17.5 Å². The van der Waals surface area contributed by atoms with Crippen molar-refractivity contribution in [2.45, 2.75) is 25.1 Å². The highest BCUT2D eigenvalue weighted by Crippen LogP contribution is 2.33. The lowest BCUT2D eigenvalue weighted by molar-refractivity contribution is -0.137. The van der Waals surface area contributed by atoms with E-state index in [1.165, 1.54) is 18.5 Å². The maximum absolute atomic E-state index is 12.9. The summed E-state index contributed by atoms with van der Waals surface area (Å²) in [5.74, 6) is 0.958. The molecule has 3 aromatic rings. The Hall–Kier alpha value is -2.81. The molecule has 28 heavy (non-hydrogen) atoms. The molecule has 1 fully saturated rings. The number of benzene rings is 1. The number of aromatic amines is 1. The summed E-state index contributed by atoms with van der Waals surface area (Å²) in [4.78, 5) is 13.8. The van der Waals surface area contributed by atoms with Crippen molar-refractivity contribution < 1.29 is 17.9 Å². The maximum atomic E-state index is 12.9. The summed E-state index contributed by atoms with van der Waals surface area (Å²) in [7, 11) is 0. The number of hydrogen-bond donors (Lipinski definition) is 2. The van der Waals surface area contributed by atoms with E-state index in [0.717, 1.165) is 34.5 Å². The van der Waals surface area contributed by atoms with Gasteiger partial charge >= 0.3 is 6.18 Å². The summed E-state index contributed by atoms with van der Waals surface area (Å²) in [6.45, 7) is 3.27. The van der Waals surface area contributed by atoms with E-state index in [-0.39, 0.29) is 12.4 Å². The first kappa shape index (κ1) is 18.5. The van der Waals surface area contributed by atoms with Gasteiger partial charge in [0.15, 0.2) is 0 Å². The fourth-order valence-electron chi connectivity index (χ4n) is 3.52. The monoisotopic (exact) mass is 391 g/mol. The van der Waals surface area contributed by atoms with Crippen LogP contribution < -0.4 is 15.4 Å². The van der Waals surface area contributed by atoms with E-state index in [0.29, 0.717) is 19.5 Å². The molecule has 0 saturated carbocycles. The van der Waals surface area contributed by atoms with Crippen LogP contribution in [0.2, 0.25) is 0 Å². The van der Waals surface area contributed by atoms with Crippen LogP contribution in [0.5, 0.6) is 5.75 Å². The van der Waals surface area contributed by atoms with Gasteiger partial charge in [-0.25, -0.2) is 9.97 Å². The van der Waals surface area contributed by atoms with Crippen LogP contribution in [0.15, 0.2) is 36.8 Å². The molecule has 0 spiro atoms. The third-order valence-electron chi connectivity index (χ3n) is 5.02. The van der Waals surface area contributed by atoms with Gasteiger partial charge in [-0.3, -0.25) is 0 Å². The standard InChI is InChI=1S/C19H20F3N5O/c1-12-8-24-16-15(12)17(26-11-25-16)27-6-5-18(23,9-27)10-28-14-4-2-3-13(7-14)19(20,21)22/h2-4,7-8,11H,5-6,9-10,23H2,1H3,(H,24,25,26)/t18-/m1/s1. The van der Waals surface area contributed by atoms with Crippen molar-refractivity contribution in [3.05, 3.63) is 47.9 Å². The molecule has 9 heteroatoms. The molecule has 148 valence electrons. The van der Waals surface area contributed by atoms with Crippen LogP contribution in [-0.4, -0.2) is 40.2 Å². The summed E-state index contributed by atoms with van der Waals surface area (Å²) >= 11 is 0. The summed E-state index contributed by atoms with van der Waals surface area (Å²) in [5, 5.41) is 0.950. The lowest BCUT2D eigenvalue weighted by Gasteiger charge is -2.25. The van der Waals surface area contributed by atoms with E-state index in [1.54, 1.807) is 0 Å². The Morgan fingerprint density at radius 3 is 2.93 bits per heavy atom. The number of aromatic nitrogens is 3. The minimum absolute atomic E-state index is 0.116. The number of H-pyrrole nitrogens is 1. The van der Waals surface area contributed by atoms with Gasteiger partial charge < -0.3 is 20.4 Å². The van der Waals surface area contributed by atoms with Crippen LogP contribution in [0.25, 0.3) is 11.0 Å². The average Bonchev–Trinajstić information content (AvgIpc) is 3.24. The highest BCUT2D eigenvalue weighted by molar-refractivity contribution is 5.90. The normalized spacial score (nSPS) is 20.1. The second-order valence-corrected chi connectivity index (χ2v) is 7.24. The number of nitrogens with zero attached hydrogens (tertiary/aromatic N) is 3. The molecular formula is C19H20F3N5O. The van der Waals surface area contributed by atoms with Gasteiger partial charge in [-0.15, -0.1) is 0 Å². The Kier molecular flexibility index (Phi) is 4.41. The van der Waals surface area contributed by atoms with Crippen LogP contribution in [0, 0.1) is 6.92 Å². The SMILES string of the molecule is Cc1c[nH]c2ncnc(N3CC[C@](N)(COc4cccc(C(F)(F)F)c4)C3)c12. The zero-order chi connectivity index (χ0) is 19.9. The predicted molar refractivity (Wildman–Crippen MR) is 99.3 cm³/mol. The molecule has 0 unspecified atom stereocenters. The Morgan fingerprint density at radius 2 is 2.14 bits per heavy atom. The van der Waals surface area contributed by atoms with E-state index < -0.39 is 17.3 Å². The molecule has 0 aliphatic carbocycles. The topological polar surface area (TPSA) is 80.1 Å². The van der Waals surface area contributed by atoms with Crippen molar-refractivity contribution in [2.75, 3.05) is 24.6 Å². The second-order valence-electron chi connectivity index (χ2n) is 7.24. The van der Waals surface area contributed by atoms with Gasteiger partial charge in [0.2, 0.25) is 0 Å². The molecule has 3 N–H and O–H groups in total. The number of halogens is 3. The number of rotatable bonds is 4. The highest BCUT2D eigenvalue weighted by atomic mass is 19.4. The van der Waals surface area contributed by atoms with E-state index in [4.69, 9.17) is 10.5 Å². The predicted octanol–water partition coefficient (Wildman–Crippen LogP) is 3.27. The molecule has 0 amide bonds. The van der Waals surface area contributed by atoms with E-state index >= 15 is 0 Å². The first-order valence-corrected chi connectivity index (χ1v) is 8.88. The zero-order valence-corrected chi connectivity index (χ0v) is 15.3. The van der Waals surface area contributed by atoms with Gasteiger partial charge in [-0.2, -0.15) is 13.2 Å². The minimum atomic E-state index is -4.41. The third-order valence-corrected chi connectivity index (χ3v) is 5.02. The number of ether oxygens (including phenoxy) is 1. The van der Waals surface area contributed by atoms with E-state index in [9.17, 15) is 13.2 Å². The van der Waals surface area contributed by atoms with Gasteiger partial charge in [0, 0.05) is 19.3 Å². The van der Waals surface area contributed by atoms with Crippen LogP contribution in [-0.2, 0) is 6.18 Å². The van der Waals surface area contributed by atoms with Crippen molar-refractivity contribution in [2.24, 2.45) is 5.73 Å². The van der Waals surface area contributed by atoms with Gasteiger partial charge in [0.05, 0.1) is 16.5 Å². The molecule has 0 radical (unpaired) electrons. The summed E-state index contributed by atoms with van der Waals surface area (Å²) < 4.78 is 44.2.